The molecule has 0 spiro atoms. The van der Waals surface area contributed by atoms with Gasteiger partial charge in [-0.1, -0.05) is 13.3 Å². The van der Waals surface area contributed by atoms with E-state index >= 15 is 0 Å². The molecule has 1 atom stereocenters. The van der Waals surface area contributed by atoms with Crippen LogP contribution in [-0.2, 0) is 9.59 Å². The number of aliphatic carboxylic acids is 1. The Morgan fingerprint density at radius 1 is 1.39 bits per heavy atom. The van der Waals surface area contributed by atoms with Crippen molar-refractivity contribution in [3.63, 3.8) is 0 Å². The minimum atomic E-state index is -0.738. The van der Waals surface area contributed by atoms with Crippen LogP contribution >= 0.6 is 0 Å². The van der Waals surface area contributed by atoms with Crippen molar-refractivity contribution in [2.45, 2.75) is 51.5 Å². The number of likely N-dealkylation sites (tertiary alicyclic amines) is 1. The molecule has 1 fully saturated rings. The SMILES string of the molecule is CCCC1(C(=O)O)CCCN1CCC(=O)NCC. The number of rotatable bonds is 7. The van der Waals surface area contributed by atoms with Crippen LogP contribution in [0.4, 0.5) is 0 Å². The number of hydrogen-bond donors (Lipinski definition) is 2. The van der Waals surface area contributed by atoms with E-state index in [0.29, 0.717) is 32.4 Å². The van der Waals surface area contributed by atoms with Gasteiger partial charge in [-0.3, -0.25) is 14.5 Å². The van der Waals surface area contributed by atoms with E-state index < -0.39 is 11.5 Å². The van der Waals surface area contributed by atoms with E-state index in [1.807, 2.05) is 18.7 Å². The van der Waals surface area contributed by atoms with Crippen LogP contribution in [0.15, 0.2) is 0 Å². The molecule has 104 valence electrons. The van der Waals surface area contributed by atoms with Gasteiger partial charge in [0.25, 0.3) is 0 Å². The third-order valence-electron chi connectivity index (χ3n) is 3.67. The Kier molecular flexibility index (Phi) is 5.59. The summed E-state index contributed by atoms with van der Waals surface area (Å²) in [5, 5.41) is 12.2. The zero-order chi connectivity index (χ0) is 13.6. The molecule has 1 saturated heterocycles. The molecular formula is C13H24N2O3. The summed E-state index contributed by atoms with van der Waals surface area (Å²) in [7, 11) is 0. The monoisotopic (exact) mass is 256 g/mol. The number of carboxylic acids is 1. The molecular weight excluding hydrogens is 232 g/mol. The summed E-state index contributed by atoms with van der Waals surface area (Å²) in [6.45, 7) is 5.83. The van der Waals surface area contributed by atoms with Crippen molar-refractivity contribution in [3.05, 3.63) is 0 Å². The highest BCUT2D eigenvalue weighted by molar-refractivity contribution is 5.79. The number of carbonyl (C=O) groups is 2. The van der Waals surface area contributed by atoms with E-state index in [2.05, 4.69) is 5.32 Å². The maximum atomic E-state index is 11.6. The van der Waals surface area contributed by atoms with Crippen molar-refractivity contribution in [3.8, 4) is 0 Å². The molecule has 0 bridgehead atoms. The molecule has 2 N–H and O–H groups in total. The van der Waals surface area contributed by atoms with Crippen molar-refractivity contribution in [2.24, 2.45) is 0 Å². The molecule has 1 rings (SSSR count). The van der Waals surface area contributed by atoms with Crippen molar-refractivity contribution in [1.82, 2.24) is 10.2 Å². The second-order valence-electron chi connectivity index (χ2n) is 4.88. The van der Waals surface area contributed by atoms with Gasteiger partial charge < -0.3 is 10.4 Å². The Labute approximate surface area is 109 Å². The van der Waals surface area contributed by atoms with Gasteiger partial charge in [0, 0.05) is 19.5 Å². The van der Waals surface area contributed by atoms with Crippen LogP contribution in [0.2, 0.25) is 0 Å². The normalized spacial score (nSPS) is 24.1. The van der Waals surface area contributed by atoms with Gasteiger partial charge >= 0.3 is 5.97 Å². The van der Waals surface area contributed by atoms with Crippen molar-refractivity contribution >= 4 is 11.9 Å². The summed E-state index contributed by atoms with van der Waals surface area (Å²) in [5.74, 6) is -0.738. The number of carbonyl (C=O) groups excluding carboxylic acids is 1. The van der Waals surface area contributed by atoms with E-state index in [1.54, 1.807) is 0 Å². The third kappa shape index (κ3) is 3.22. The predicted molar refractivity (Wildman–Crippen MR) is 69.4 cm³/mol. The van der Waals surface area contributed by atoms with Gasteiger partial charge in [0.1, 0.15) is 5.54 Å². The minimum absolute atomic E-state index is 0.000173. The van der Waals surface area contributed by atoms with Crippen molar-refractivity contribution < 1.29 is 14.7 Å². The van der Waals surface area contributed by atoms with Crippen LogP contribution in [0.5, 0.6) is 0 Å². The summed E-state index contributed by atoms with van der Waals surface area (Å²) < 4.78 is 0. The molecule has 1 amide bonds. The first-order chi connectivity index (χ1) is 8.56. The lowest BCUT2D eigenvalue weighted by Gasteiger charge is -2.34. The van der Waals surface area contributed by atoms with Crippen LogP contribution in [0.1, 0.15) is 46.0 Å². The Hall–Kier alpha value is -1.10. The topological polar surface area (TPSA) is 69.6 Å². The van der Waals surface area contributed by atoms with E-state index in [9.17, 15) is 14.7 Å². The lowest BCUT2D eigenvalue weighted by atomic mass is 9.90. The number of hydrogen-bond acceptors (Lipinski definition) is 3. The summed E-state index contributed by atoms with van der Waals surface area (Å²) in [4.78, 5) is 25.0. The Balaban J connectivity index is 2.62. The summed E-state index contributed by atoms with van der Waals surface area (Å²) in [6, 6.07) is 0. The molecule has 18 heavy (non-hydrogen) atoms. The molecule has 0 saturated carbocycles. The van der Waals surface area contributed by atoms with Gasteiger partial charge in [0.2, 0.25) is 5.91 Å². The molecule has 1 aliphatic rings. The smallest absolute Gasteiger partial charge is 0.324 e. The van der Waals surface area contributed by atoms with Crippen LogP contribution < -0.4 is 5.32 Å². The first kappa shape index (κ1) is 15.0. The van der Waals surface area contributed by atoms with E-state index in [0.717, 1.165) is 19.4 Å². The predicted octanol–water partition coefficient (Wildman–Crippen LogP) is 1.23. The van der Waals surface area contributed by atoms with E-state index in [-0.39, 0.29) is 5.91 Å². The first-order valence-corrected chi connectivity index (χ1v) is 6.82. The van der Waals surface area contributed by atoms with Gasteiger partial charge in [-0.15, -0.1) is 0 Å². The zero-order valence-electron chi connectivity index (χ0n) is 11.4. The highest BCUT2D eigenvalue weighted by Crippen LogP contribution is 2.33. The van der Waals surface area contributed by atoms with E-state index in [1.165, 1.54) is 0 Å². The van der Waals surface area contributed by atoms with Gasteiger partial charge in [0.05, 0.1) is 0 Å². The first-order valence-electron chi connectivity index (χ1n) is 6.82. The highest BCUT2D eigenvalue weighted by atomic mass is 16.4. The molecule has 0 aromatic heterocycles. The fraction of sp³-hybridized carbons (Fsp3) is 0.846. The quantitative estimate of drug-likeness (QED) is 0.719. The van der Waals surface area contributed by atoms with Gasteiger partial charge in [0.15, 0.2) is 0 Å². The molecule has 1 aliphatic heterocycles. The van der Waals surface area contributed by atoms with Crippen molar-refractivity contribution in [2.75, 3.05) is 19.6 Å². The van der Waals surface area contributed by atoms with Crippen molar-refractivity contribution in [1.29, 1.82) is 0 Å². The van der Waals surface area contributed by atoms with Crippen LogP contribution in [0.3, 0.4) is 0 Å². The third-order valence-corrected chi connectivity index (χ3v) is 3.67. The lowest BCUT2D eigenvalue weighted by molar-refractivity contribution is -0.150. The number of nitrogens with zero attached hydrogens (tertiary/aromatic N) is 1. The van der Waals surface area contributed by atoms with Gasteiger partial charge in [-0.25, -0.2) is 0 Å². The number of nitrogens with one attached hydrogen (secondary N) is 1. The molecule has 0 aliphatic carbocycles. The van der Waals surface area contributed by atoms with Gasteiger partial charge in [-0.05, 0) is 32.7 Å². The Bertz CT molecular complexity index is 307. The average Bonchev–Trinajstić information content (AvgIpc) is 2.72. The number of carboxylic acid groups (broad SMARTS) is 1. The molecule has 0 aromatic carbocycles. The maximum Gasteiger partial charge on any atom is 0.324 e. The highest BCUT2D eigenvalue weighted by Gasteiger charge is 2.46. The number of amides is 1. The molecule has 5 nitrogen and oxygen atoms in total. The van der Waals surface area contributed by atoms with Crippen LogP contribution in [0.25, 0.3) is 0 Å². The maximum absolute atomic E-state index is 11.6. The molecule has 1 heterocycles. The summed E-state index contributed by atoms with van der Waals surface area (Å²) in [5.41, 5.74) is -0.735. The van der Waals surface area contributed by atoms with Crippen LogP contribution in [-0.4, -0.2) is 47.1 Å². The zero-order valence-corrected chi connectivity index (χ0v) is 11.4. The second kappa shape index (κ2) is 6.73. The second-order valence-corrected chi connectivity index (χ2v) is 4.88. The summed E-state index contributed by atoms with van der Waals surface area (Å²) in [6.07, 6.45) is 3.50. The van der Waals surface area contributed by atoms with Crippen LogP contribution in [0, 0.1) is 0 Å². The molecule has 0 radical (unpaired) electrons. The fourth-order valence-electron chi connectivity index (χ4n) is 2.83. The summed E-state index contributed by atoms with van der Waals surface area (Å²) >= 11 is 0. The average molecular weight is 256 g/mol. The fourth-order valence-corrected chi connectivity index (χ4v) is 2.83. The minimum Gasteiger partial charge on any atom is -0.480 e. The lowest BCUT2D eigenvalue weighted by Crippen LogP contribution is -2.51. The molecule has 0 aromatic rings. The molecule has 5 heteroatoms. The molecule has 1 unspecified atom stereocenters. The largest absolute Gasteiger partial charge is 0.480 e. The standard InChI is InChI=1S/C13H24N2O3/c1-3-7-13(12(17)18)8-5-9-15(13)10-6-11(16)14-4-2/h3-10H2,1-2H3,(H,14,16)(H,17,18). The van der Waals surface area contributed by atoms with Gasteiger partial charge in [-0.2, -0.15) is 0 Å². The Morgan fingerprint density at radius 2 is 2.11 bits per heavy atom. The van der Waals surface area contributed by atoms with E-state index in [4.69, 9.17) is 0 Å². The Morgan fingerprint density at radius 3 is 2.67 bits per heavy atom.